The normalized spacial score (nSPS) is 13.3. The van der Waals surface area contributed by atoms with Gasteiger partial charge in [0.25, 0.3) is 5.91 Å². The maximum absolute atomic E-state index is 12.4. The maximum atomic E-state index is 12.4. The summed E-state index contributed by atoms with van der Waals surface area (Å²) in [4.78, 5) is 42.6. The fourth-order valence-electron chi connectivity index (χ4n) is 3.51. The van der Waals surface area contributed by atoms with Crippen LogP contribution < -0.4 is 15.5 Å². The Balaban J connectivity index is 1.28. The molecule has 1 aliphatic heterocycles. The van der Waals surface area contributed by atoms with Gasteiger partial charge in [0.05, 0.1) is 12.2 Å². The third-order valence-electron chi connectivity index (χ3n) is 5.33. The first kappa shape index (κ1) is 21.7. The summed E-state index contributed by atoms with van der Waals surface area (Å²) in [6, 6.07) is 15.0. The van der Waals surface area contributed by atoms with Crippen molar-refractivity contribution in [3.63, 3.8) is 0 Å². The molecule has 0 spiro atoms. The highest BCUT2D eigenvalue weighted by Crippen LogP contribution is 2.25. The number of carbonyl (C=O) groups is 3. The standard InChI is InChI=1S/C24H24N4O3S/c1-2-16-5-7-17(8-6-16)20-15-32-24(26-20)27-21(29)14-25-23(31)18-9-11-19(12-10-18)28-13-3-4-22(28)30/h5-12,15H,2-4,13-14H2,1H3,(H,25,31)(H,26,27,29). The Morgan fingerprint density at radius 2 is 1.84 bits per heavy atom. The number of aromatic nitrogens is 1. The number of nitrogens with one attached hydrogen (secondary N) is 2. The van der Waals surface area contributed by atoms with Crippen LogP contribution in [0.1, 0.15) is 35.7 Å². The van der Waals surface area contributed by atoms with Crippen molar-refractivity contribution in [2.45, 2.75) is 26.2 Å². The molecule has 0 aliphatic carbocycles. The minimum atomic E-state index is -0.352. The first-order valence-electron chi connectivity index (χ1n) is 10.6. The van der Waals surface area contributed by atoms with Crippen LogP contribution in [-0.4, -0.2) is 35.8 Å². The van der Waals surface area contributed by atoms with E-state index >= 15 is 0 Å². The SMILES string of the molecule is CCc1ccc(-c2csc(NC(=O)CNC(=O)c3ccc(N4CCCC4=O)cc3)n2)cc1. The van der Waals surface area contributed by atoms with Gasteiger partial charge in [-0.15, -0.1) is 11.3 Å². The molecule has 0 unspecified atom stereocenters. The Labute approximate surface area is 190 Å². The van der Waals surface area contributed by atoms with Crippen LogP contribution in [0.2, 0.25) is 0 Å². The minimum Gasteiger partial charge on any atom is -0.343 e. The largest absolute Gasteiger partial charge is 0.343 e. The van der Waals surface area contributed by atoms with Crippen molar-refractivity contribution in [2.75, 3.05) is 23.3 Å². The highest BCUT2D eigenvalue weighted by atomic mass is 32.1. The number of benzene rings is 2. The maximum Gasteiger partial charge on any atom is 0.251 e. The fraction of sp³-hybridized carbons (Fsp3) is 0.250. The van der Waals surface area contributed by atoms with Crippen molar-refractivity contribution >= 4 is 39.9 Å². The summed E-state index contributed by atoms with van der Waals surface area (Å²) >= 11 is 1.34. The van der Waals surface area contributed by atoms with Crippen LogP contribution in [-0.2, 0) is 16.0 Å². The molecule has 2 heterocycles. The van der Waals surface area contributed by atoms with E-state index in [1.54, 1.807) is 29.2 Å². The van der Waals surface area contributed by atoms with Crippen molar-refractivity contribution in [1.29, 1.82) is 0 Å². The van der Waals surface area contributed by atoms with Gasteiger partial charge in [-0.25, -0.2) is 4.98 Å². The molecular formula is C24H24N4O3S. The molecule has 2 N–H and O–H groups in total. The van der Waals surface area contributed by atoms with Crippen molar-refractivity contribution in [3.05, 3.63) is 65.0 Å². The second-order valence-electron chi connectivity index (χ2n) is 7.52. The molecule has 32 heavy (non-hydrogen) atoms. The Bertz CT molecular complexity index is 1120. The number of carbonyl (C=O) groups excluding carboxylic acids is 3. The van der Waals surface area contributed by atoms with Gasteiger partial charge in [-0.3, -0.25) is 14.4 Å². The highest BCUT2D eigenvalue weighted by Gasteiger charge is 2.21. The lowest BCUT2D eigenvalue weighted by atomic mass is 10.1. The average Bonchev–Trinajstić information content (AvgIpc) is 3.46. The van der Waals surface area contributed by atoms with Gasteiger partial charge < -0.3 is 15.5 Å². The Hall–Kier alpha value is -3.52. The molecule has 0 radical (unpaired) electrons. The van der Waals surface area contributed by atoms with E-state index in [1.807, 2.05) is 17.5 Å². The summed E-state index contributed by atoms with van der Waals surface area (Å²) in [5, 5.41) is 7.71. The molecule has 4 rings (SSSR count). The van der Waals surface area contributed by atoms with Crippen LogP contribution in [0.5, 0.6) is 0 Å². The molecule has 8 heteroatoms. The monoisotopic (exact) mass is 448 g/mol. The predicted octanol–water partition coefficient (Wildman–Crippen LogP) is 3.87. The summed E-state index contributed by atoms with van der Waals surface area (Å²) in [6.07, 6.45) is 2.39. The Morgan fingerprint density at radius 3 is 2.50 bits per heavy atom. The summed E-state index contributed by atoms with van der Waals surface area (Å²) in [7, 11) is 0. The molecule has 3 amide bonds. The van der Waals surface area contributed by atoms with Gasteiger partial charge in [-0.1, -0.05) is 31.2 Å². The van der Waals surface area contributed by atoms with Crippen LogP contribution in [0.15, 0.2) is 53.9 Å². The van der Waals surface area contributed by atoms with Gasteiger partial charge in [0.1, 0.15) is 0 Å². The van der Waals surface area contributed by atoms with Crippen molar-refractivity contribution in [3.8, 4) is 11.3 Å². The average molecular weight is 449 g/mol. The molecule has 0 bridgehead atoms. The van der Waals surface area contributed by atoms with E-state index in [1.165, 1.54) is 16.9 Å². The van der Waals surface area contributed by atoms with E-state index in [0.717, 1.165) is 29.8 Å². The number of anilines is 2. The smallest absolute Gasteiger partial charge is 0.251 e. The zero-order chi connectivity index (χ0) is 22.5. The molecule has 1 aromatic heterocycles. The van der Waals surface area contributed by atoms with Gasteiger partial charge in [0.2, 0.25) is 11.8 Å². The number of hydrogen-bond donors (Lipinski definition) is 2. The Kier molecular flexibility index (Phi) is 6.61. The number of amides is 3. The van der Waals surface area contributed by atoms with E-state index in [0.29, 0.717) is 23.7 Å². The van der Waals surface area contributed by atoms with Gasteiger partial charge in [-0.2, -0.15) is 0 Å². The molecule has 164 valence electrons. The van der Waals surface area contributed by atoms with Gasteiger partial charge in [-0.05, 0) is 42.7 Å². The molecule has 0 atom stereocenters. The fourth-order valence-corrected chi connectivity index (χ4v) is 4.25. The van der Waals surface area contributed by atoms with Crippen molar-refractivity contribution in [1.82, 2.24) is 10.3 Å². The third-order valence-corrected chi connectivity index (χ3v) is 6.09. The quantitative estimate of drug-likeness (QED) is 0.574. The predicted molar refractivity (Wildman–Crippen MR) is 126 cm³/mol. The second-order valence-corrected chi connectivity index (χ2v) is 8.37. The molecule has 7 nitrogen and oxygen atoms in total. The van der Waals surface area contributed by atoms with Gasteiger partial charge >= 0.3 is 0 Å². The van der Waals surface area contributed by atoms with E-state index < -0.39 is 0 Å². The summed E-state index contributed by atoms with van der Waals surface area (Å²) in [6.45, 7) is 2.65. The Morgan fingerprint density at radius 1 is 1.09 bits per heavy atom. The summed E-state index contributed by atoms with van der Waals surface area (Å²) in [5.41, 5.74) is 4.26. The van der Waals surface area contributed by atoms with Crippen molar-refractivity contribution < 1.29 is 14.4 Å². The molecule has 0 saturated carbocycles. The van der Waals surface area contributed by atoms with Crippen LogP contribution in [0.25, 0.3) is 11.3 Å². The summed E-state index contributed by atoms with van der Waals surface area (Å²) < 4.78 is 0. The molecule has 3 aromatic rings. The van der Waals surface area contributed by atoms with Gasteiger partial charge in [0, 0.05) is 35.2 Å². The lowest BCUT2D eigenvalue weighted by Gasteiger charge is -2.15. The van der Waals surface area contributed by atoms with Gasteiger partial charge in [0.15, 0.2) is 5.13 Å². The van der Waals surface area contributed by atoms with Crippen LogP contribution in [0, 0.1) is 0 Å². The van der Waals surface area contributed by atoms with E-state index in [-0.39, 0.29) is 24.3 Å². The zero-order valence-electron chi connectivity index (χ0n) is 17.8. The molecule has 1 fully saturated rings. The molecular weight excluding hydrogens is 424 g/mol. The third kappa shape index (κ3) is 5.03. The van der Waals surface area contributed by atoms with Crippen LogP contribution in [0.3, 0.4) is 0 Å². The molecule has 1 saturated heterocycles. The van der Waals surface area contributed by atoms with Crippen LogP contribution in [0.4, 0.5) is 10.8 Å². The number of aryl methyl sites for hydroxylation is 1. The van der Waals surface area contributed by atoms with E-state index in [9.17, 15) is 14.4 Å². The number of thiazole rings is 1. The first-order valence-corrected chi connectivity index (χ1v) is 11.4. The first-order chi connectivity index (χ1) is 15.5. The van der Waals surface area contributed by atoms with Crippen LogP contribution >= 0.6 is 11.3 Å². The second kappa shape index (κ2) is 9.74. The van der Waals surface area contributed by atoms with Crippen molar-refractivity contribution in [2.24, 2.45) is 0 Å². The minimum absolute atomic E-state index is 0.0993. The topological polar surface area (TPSA) is 91.4 Å². The molecule has 1 aliphatic rings. The summed E-state index contributed by atoms with van der Waals surface area (Å²) in [5.74, 6) is -0.600. The lowest BCUT2D eigenvalue weighted by Crippen LogP contribution is -2.32. The number of hydrogen-bond acceptors (Lipinski definition) is 5. The molecule has 2 aromatic carbocycles. The van der Waals surface area contributed by atoms with E-state index in [2.05, 4.69) is 34.7 Å². The zero-order valence-corrected chi connectivity index (χ0v) is 18.6. The highest BCUT2D eigenvalue weighted by molar-refractivity contribution is 7.14. The number of nitrogens with zero attached hydrogens (tertiary/aromatic N) is 2. The lowest BCUT2D eigenvalue weighted by molar-refractivity contribution is -0.117. The number of rotatable bonds is 7. The van der Waals surface area contributed by atoms with E-state index in [4.69, 9.17) is 0 Å².